The second kappa shape index (κ2) is 7.12. The van der Waals surface area contributed by atoms with Gasteiger partial charge in [0.1, 0.15) is 21.3 Å². The third-order valence-corrected chi connectivity index (χ3v) is 5.80. The van der Waals surface area contributed by atoms with E-state index < -0.39 is 68.1 Å². The molecule has 0 aliphatic rings. The minimum Gasteiger partial charge on any atom is -0.478 e. The zero-order chi connectivity index (χ0) is 21.5. The van der Waals surface area contributed by atoms with E-state index in [-0.39, 0.29) is 0 Å². The number of hydrogen-bond donors (Lipinski definition) is 4. The van der Waals surface area contributed by atoms with Crippen molar-refractivity contribution in [2.24, 2.45) is 0 Å². The molecular weight excluding hydrogens is 444 g/mol. The molecule has 0 radical (unpaired) electrons. The minimum absolute atomic E-state index is 0.328. The molecule has 152 valence electrons. The molecule has 12 nitrogen and oxygen atoms in total. The van der Waals surface area contributed by atoms with Gasteiger partial charge in [0.2, 0.25) is 0 Å². The first kappa shape index (κ1) is 21.7. The molecule has 0 aliphatic carbocycles. The Balaban J connectivity index is 2.75. The molecule has 0 saturated carbocycles. The van der Waals surface area contributed by atoms with Crippen molar-refractivity contribution in [1.82, 2.24) is 0 Å². The second-order valence-corrected chi connectivity index (χ2v) is 9.30. The number of carboxylic acid groups (broad SMARTS) is 1. The molecule has 2 rings (SSSR count). The van der Waals surface area contributed by atoms with E-state index in [0.717, 1.165) is 6.07 Å². The molecule has 0 spiro atoms. The largest absolute Gasteiger partial charge is 0.478 e. The first-order valence-corrected chi connectivity index (χ1v) is 11.0. The van der Waals surface area contributed by atoms with Crippen molar-refractivity contribution in [3.63, 3.8) is 0 Å². The molecule has 2 aromatic carbocycles. The normalized spacial score (nSPS) is 12.5. The Morgan fingerprint density at radius 3 is 1.75 bits per heavy atom. The summed E-state index contributed by atoms with van der Waals surface area (Å²) in [4.78, 5) is 8.01. The molecule has 0 saturated heterocycles. The lowest BCUT2D eigenvalue weighted by Crippen LogP contribution is -2.07. The van der Waals surface area contributed by atoms with E-state index in [4.69, 9.17) is 14.4 Å². The quantitative estimate of drug-likeness (QED) is 0.449. The average Bonchev–Trinajstić information content (AvgIpc) is 2.51. The molecule has 0 amide bonds. The van der Waals surface area contributed by atoms with Crippen LogP contribution in [0.3, 0.4) is 0 Å². The second-order valence-electron chi connectivity index (χ2n) is 5.10. The van der Waals surface area contributed by atoms with Crippen molar-refractivity contribution in [2.75, 3.05) is 0 Å². The Bertz CT molecular complexity index is 1270. The van der Waals surface area contributed by atoms with Gasteiger partial charge in [-0.15, -0.1) is 0 Å². The van der Waals surface area contributed by atoms with Crippen LogP contribution < -0.4 is 4.74 Å². The maximum absolute atomic E-state index is 11.5. The fourth-order valence-electron chi connectivity index (χ4n) is 1.99. The molecule has 0 heterocycles. The molecule has 28 heavy (non-hydrogen) atoms. The van der Waals surface area contributed by atoms with Gasteiger partial charge in [0, 0.05) is 0 Å². The highest BCUT2D eigenvalue weighted by Gasteiger charge is 2.25. The van der Waals surface area contributed by atoms with Crippen LogP contribution in [0.5, 0.6) is 11.5 Å². The summed E-state index contributed by atoms with van der Waals surface area (Å²) < 4.78 is 101. The van der Waals surface area contributed by atoms with Gasteiger partial charge in [0.05, 0.1) is 10.5 Å². The number of carbonyl (C=O) groups is 1. The fourth-order valence-corrected chi connectivity index (χ4v) is 3.80. The van der Waals surface area contributed by atoms with E-state index in [1.165, 1.54) is 0 Å². The van der Waals surface area contributed by atoms with Gasteiger partial charge in [-0.3, -0.25) is 13.7 Å². The predicted molar refractivity (Wildman–Crippen MR) is 89.4 cm³/mol. The third kappa shape index (κ3) is 4.83. The highest BCUT2D eigenvalue weighted by molar-refractivity contribution is 7.86. The smallest absolute Gasteiger partial charge is 0.335 e. The van der Waals surface area contributed by atoms with Gasteiger partial charge in [0.25, 0.3) is 30.4 Å². The lowest BCUT2D eigenvalue weighted by molar-refractivity contribution is 0.0696. The summed E-state index contributed by atoms with van der Waals surface area (Å²) in [5.41, 5.74) is -0.495. The van der Waals surface area contributed by atoms with Crippen LogP contribution in [0.15, 0.2) is 51.1 Å². The van der Waals surface area contributed by atoms with Crippen LogP contribution in [0.25, 0.3) is 0 Å². The summed E-state index contributed by atoms with van der Waals surface area (Å²) >= 11 is 0. The number of ether oxygens (including phenoxy) is 1. The van der Waals surface area contributed by atoms with E-state index in [1.54, 1.807) is 0 Å². The summed E-state index contributed by atoms with van der Waals surface area (Å²) in [6, 6.07) is 3.81. The van der Waals surface area contributed by atoms with Gasteiger partial charge < -0.3 is 9.84 Å². The Kier molecular flexibility index (Phi) is 5.52. The van der Waals surface area contributed by atoms with E-state index >= 15 is 0 Å². The number of aromatic carboxylic acids is 1. The van der Waals surface area contributed by atoms with Crippen molar-refractivity contribution in [1.29, 1.82) is 0 Å². The Morgan fingerprint density at radius 2 is 1.29 bits per heavy atom. The van der Waals surface area contributed by atoms with Crippen LogP contribution in [-0.2, 0) is 30.4 Å². The topological polar surface area (TPSA) is 210 Å². The van der Waals surface area contributed by atoms with Crippen LogP contribution >= 0.6 is 0 Å². The zero-order valence-electron chi connectivity index (χ0n) is 13.2. The van der Waals surface area contributed by atoms with Crippen LogP contribution in [0.4, 0.5) is 0 Å². The Labute approximate surface area is 158 Å². The lowest BCUT2D eigenvalue weighted by atomic mass is 10.2. The van der Waals surface area contributed by atoms with Gasteiger partial charge in [-0.1, -0.05) is 0 Å². The number of carboxylic acids is 1. The van der Waals surface area contributed by atoms with Crippen molar-refractivity contribution in [3.8, 4) is 11.5 Å². The van der Waals surface area contributed by atoms with E-state index in [1.807, 2.05) is 0 Å². The lowest BCUT2D eigenvalue weighted by Gasteiger charge is -2.13. The highest BCUT2D eigenvalue weighted by Crippen LogP contribution is 2.34. The highest BCUT2D eigenvalue weighted by atomic mass is 32.2. The molecule has 0 atom stereocenters. The van der Waals surface area contributed by atoms with Gasteiger partial charge in [0.15, 0.2) is 0 Å². The van der Waals surface area contributed by atoms with Crippen LogP contribution in [0, 0.1) is 0 Å². The van der Waals surface area contributed by atoms with E-state index in [9.17, 15) is 39.2 Å². The number of rotatable bonds is 6. The Hall–Kier alpha value is -2.56. The summed E-state index contributed by atoms with van der Waals surface area (Å²) in [5.74, 6) is -3.15. The Morgan fingerprint density at radius 1 is 0.714 bits per heavy atom. The molecule has 0 aromatic heterocycles. The summed E-state index contributed by atoms with van der Waals surface area (Å²) in [5, 5.41) is 8.98. The number of hydrogen-bond acceptors (Lipinski definition) is 8. The minimum atomic E-state index is -5.14. The molecule has 0 fully saturated rings. The molecule has 15 heteroatoms. The standard InChI is InChI=1S/C13H10O12S3/c14-13(15)7-1-4-11(27(19,20)21)10(5-7)25-9-3-2-8(26(16,17)18)6-12(9)28(22,23)24/h1-6H,(H,14,15)(H,16,17,18)(H,19,20,21)(H,22,23,24). The van der Waals surface area contributed by atoms with E-state index in [2.05, 4.69) is 0 Å². The molecule has 0 aliphatic heterocycles. The van der Waals surface area contributed by atoms with Crippen molar-refractivity contribution in [3.05, 3.63) is 42.0 Å². The maximum atomic E-state index is 11.5. The SMILES string of the molecule is O=C(O)c1ccc(S(=O)(=O)O)c(Oc2ccc(S(=O)(=O)O)cc2S(=O)(=O)O)c1. The van der Waals surface area contributed by atoms with Crippen LogP contribution in [-0.4, -0.2) is 50.0 Å². The van der Waals surface area contributed by atoms with Gasteiger partial charge in [-0.2, -0.15) is 25.3 Å². The fraction of sp³-hybridized carbons (Fsp3) is 0. The molecule has 2 aromatic rings. The van der Waals surface area contributed by atoms with Gasteiger partial charge in [-0.25, -0.2) is 4.79 Å². The van der Waals surface area contributed by atoms with Gasteiger partial charge in [-0.05, 0) is 36.4 Å². The summed E-state index contributed by atoms with van der Waals surface area (Å²) in [6.45, 7) is 0. The molecule has 4 N–H and O–H groups in total. The monoisotopic (exact) mass is 454 g/mol. The molecule has 0 unspecified atom stereocenters. The van der Waals surface area contributed by atoms with Crippen molar-refractivity contribution in [2.45, 2.75) is 14.7 Å². The first-order chi connectivity index (χ1) is 12.6. The predicted octanol–water partition coefficient (Wildman–Crippen LogP) is 0.917. The number of benzene rings is 2. The van der Waals surface area contributed by atoms with Crippen molar-refractivity contribution < 1.29 is 53.5 Å². The van der Waals surface area contributed by atoms with E-state index in [0.29, 0.717) is 30.3 Å². The van der Waals surface area contributed by atoms with Gasteiger partial charge >= 0.3 is 5.97 Å². The molecule has 0 bridgehead atoms. The first-order valence-electron chi connectivity index (χ1n) is 6.72. The third-order valence-electron chi connectivity index (χ3n) is 3.18. The zero-order valence-corrected chi connectivity index (χ0v) is 15.7. The van der Waals surface area contributed by atoms with Crippen molar-refractivity contribution >= 4 is 36.3 Å². The average molecular weight is 454 g/mol. The maximum Gasteiger partial charge on any atom is 0.335 e. The van der Waals surface area contributed by atoms with Crippen LogP contribution in [0.1, 0.15) is 10.4 Å². The summed E-state index contributed by atoms with van der Waals surface area (Å²) in [6.07, 6.45) is 0. The van der Waals surface area contributed by atoms with Crippen LogP contribution in [0.2, 0.25) is 0 Å². The summed E-state index contributed by atoms with van der Waals surface area (Å²) in [7, 11) is -15.0. The molecular formula is C13H10O12S3.